The number of hydrogen-bond donors (Lipinski definition) is 2. The molecule has 0 radical (unpaired) electrons. The van der Waals surface area contributed by atoms with E-state index in [9.17, 15) is 4.79 Å². The summed E-state index contributed by atoms with van der Waals surface area (Å²) < 4.78 is 1.56. The van der Waals surface area contributed by atoms with Crippen LogP contribution in [-0.4, -0.2) is 50.2 Å². The van der Waals surface area contributed by atoms with Crippen molar-refractivity contribution in [3.05, 3.63) is 30.6 Å². The summed E-state index contributed by atoms with van der Waals surface area (Å²) in [5, 5.41) is 17.1. The molecule has 1 amide bonds. The van der Waals surface area contributed by atoms with Crippen molar-refractivity contribution < 1.29 is 4.79 Å². The second-order valence-electron chi connectivity index (χ2n) is 4.37. The average molecular weight is 290 g/mol. The highest BCUT2D eigenvalue weighted by molar-refractivity contribution is 7.99. The van der Waals surface area contributed by atoms with Crippen LogP contribution >= 0.6 is 11.8 Å². The van der Waals surface area contributed by atoms with Gasteiger partial charge in [0.25, 0.3) is 0 Å². The summed E-state index contributed by atoms with van der Waals surface area (Å²) in [5.41, 5.74) is 1.61. The first-order valence-electron chi connectivity index (χ1n) is 6.28. The fourth-order valence-electron chi connectivity index (χ4n) is 1.94. The molecule has 0 saturated carbocycles. The third-order valence-corrected chi connectivity index (χ3v) is 4.05. The lowest BCUT2D eigenvalue weighted by Gasteiger charge is -2.22. The van der Waals surface area contributed by atoms with Crippen molar-refractivity contribution in [1.29, 1.82) is 0 Å². The molecule has 104 valence electrons. The van der Waals surface area contributed by atoms with E-state index in [-0.39, 0.29) is 11.9 Å². The van der Waals surface area contributed by atoms with Crippen molar-refractivity contribution in [3.63, 3.8) is 0 Å². The summed E-state index contributed by atoms with van der Waals surface area (Å²) in [4.78, 5) is 12.1. The number of nitrogens with one attached hydrogen (secondary N) is 2. The molecule has 3 rings (SSSR count). The van der Waals surface area contributed by atoms with Gasteiger partial charge in [-0.25, -0.2) is 4.68 Å². The zero-order valence-corrected chi connectivity index (χ0v) is 11.5. The van der Waals surface area contributed by atoms with Crippen molar-refractivity contribution in [2.45, 2.75) is 6.04 Å². The van der Waals surface area contributed by atoms with Crippen LogP contribution < -0.4 is 10.6 Å². The van der Waals surface area contributed by atoms with E-state index in [2.05, 4.69) is 26.2 Å². The van der Waals surface area contributed by atoms with Gasteiger partial charge < -0.3 is 10.6 Å². The first-order chi connectivity index (χ1) is 9.83. The Morgan fingerprint density at radius 3 is 2.90 bits per heavy atom. The van der Waals surface area contributed by atoms with Gasteiger partial charge in [0.15, 0.2) is 0 Å². The highest BCUT2D eigenvalue weighted by Gasteiger charge is 2.20. The van der Waals surface area contributed by atoms with E-state index in [1.807, 2.05) is 24.3 Å². The SMILES string of the molecule is O=C(Nc1ccc(-n2cnnn2)cc1)C1CSCCN1. The van der Waals surface area contributed by atoms with Crippen molar-refractivity contribution >= 4 is 23.4 Å². The highest BCUT2D eigenvalue weighted by atomic mass is 32.2. The van der Waals surface area contributed by atoms with Crippen LogP contribution in [0.25, 0.3) is 5.69 Å². The van der Waals surface area contributed by atoms with E-state index in [1.54, 1.807) is 16.4 Å². The number of benzene rings is 1. The van der Waals surface area contributed by atoms with Crippen molar-refractivity contribution in [1.82, 2.24) is 25.5 Å². The monoisotopic (exact) mass is 290 g/mol. The van der Waals surface area contributed by atoms with Gasteiger partial charge in [-0.15, -0.1) is 5.10 Å². The van der Waals surface area contributed by atoms with E-state index in [0.717, 1.165) is 29.4 Å². The summed E-state index contributed by atoms with van der Waals surface area (Å²) in [5.74, 6) is 1.88. The van der Waals surface area contributed by atoms with Crippen LogP contribution in [0.3, 0.4) is 0 Å². The number of amides is 1. The molecule has 1 unspecified atom stereocenters. The van der Waals surface area contributed by atoms with Gasteiger partial charge in [-0.1, -0.05) is 0 Å². The molecule has 0 spiro atoms. The van der Waals surface area contributed by atoms with Crippen LogP contribution in [0.4, 0.5) is 5.69 Å². The summed E-state index contributed by atoms with van der Waals surface area (Å²) in [6, 6.07) is 7.27. The molecule has 1 fully saturated rings. The molecule has 2 aromatic rings. The Labute approximate surface area is 120 Å². The predicted molar refractivity (Wildman–Crippen MR) is 76.9 cm³/mol. The average Bonchev–Trinajstić information content (AvgIpc) is 3.03. The van der Waals surface area contributed by atoms with Crippen LogP contribution in [-0.2, 0) is 4.79 Å². The Morgan fingerprint density at radius 2 is 2.25 bits per heavy atom. The maximum absolute atomic E-state index is 12.1. The Kier molecular flexibility index (Phi) is 3.93. The standard InChI is InChI=1S/C12H14N6OS/c19-12(11-7-20-6-5-13-11)15-9-1-3-10(4-2-9)18-8-14-16-17-18/h1-4,8,11,13H,5-7H2,(H,15,19). The first kappa shape index (κ1) is 13.1. The van der Waals surface area contributed by atoms with Crippen molar-refractivity contribution in [2.24, 2.45) is 0 Å². The number of aromatic nitrogens is 4. The maximum atomic E-state index is 12.1. The van der Waals surface area contributed by atoms with Crippen LogP contribution in [0.2, 0.25) is 0 Å². The number of anilines is 1. The lowest BCUT2D eigenvalue weighted by atomic mass is 10.2. The largest absolute Gasteiger partial charge is 0.325 e. The van der Waals surface area contributed by atoms with Gasteiger partial charge in [0.1, 0.15) is 6.33 Å². The summed E-state index contributed by atoms with van der Waals surface area (Å²) in [6.07, 6.45) is 1.52. The van der Waals surface area contributed by atoms with Gasteiger partial charge in [0.05, 0.1) is 11.7 Å². The van der Waals surface area contributed by atoms with Crippen LogP contribution in [0.15, 0.2) is 30.6 Å². The molecule has 0 bridgehead atoms. The quantitative estimate of drug-likeness (QED) is 0.846. The van der Waals surface area contributed by atoms with Crippen molar-refractivity contribution in [3.8, 4) is 5.69 Å². The van der Waals surface area contributed by atoms with E-state index in [4.69, 9.17) is 0 Å². The maximum Gasteiger partial charge on any atom is 0.242 e. The lowest BCUT2D eigenvalue weighted by Crippen LogP contribution is -2.46. The fourth-order valence-corrected chi connectivity index (χ4v) is 2.87. The molecule has 2 heterocycles. The molecule has 1 saturated heterocycles. The van der Waals surface area contributed by atoms with Gasteiger partial charge in [-0.3, -0.25) is 4.79 Å². The molecule has 1 aliphatic heterocycles. The highest BCUT2D eigenvalue weighted by Crippen LogP contribution is 2.14. The van der Waals surface area contributed by atoms with Gasteiger partial charge in [0, 0.05) is 23.7 Å². The Bertz CT molecular complexity index is 564. The third-order valence-electron chi connectivity index (χ3n) is 2.99. The number of carbonyl (C=O) groups is 1. The summed E-state index contributed by atoms with van der Waals surface area (Å²) >= 11 is 1.79. The summed E-state index contributed by atoms with van der Waals surface area (Å²) in [6.45, 7) is 0.876. The minimum absolute atomic E-state index is 0.00683. The zero-order chi connectivity index (χ0) is 13.8. The number of hydrogen-bond acceptors (Lipinski definition) is 6. The minimum Gasteiger partial charge on any atom is -0.325 e. The molecule has 2 N–H and O–H groups in total. The Balaban J connectivity index is 1.64. The second-order valence-corrected chi connectivity index (χ2v) is 5.52. The van der Waals surface area contributed by atoms with E-state index >= 15 is 0 Å². The Morgan fingerprint density at radius 1 is 1.40 bits per heavy atom. The second kappa shape index (κ2) is 6.02. The first-order valence-corrected chi connectivity index (χ1v) is 7.44. The van der Waals surface area contributed by atoms with Gasteiger partial charge in [-0.05, 0) is 34.7 Å². The third kappa shape index (κ3) is 2.97. The number of nitrogens with zero attached hydrogens (tertiary/aromatic N) is 4. The lowest BCUT2D eigenvalue weighted by molar-refractivity contribution is -0.117. The fraction of sp³-hybridized carbons (Fsp3) is 0.333. The molecule has 1 aliphatic rings. The molecular weight excluding hydrogens is 276 g/mol. The smallest absolute Gasteiger partial charge is 0.242 e. The van der Waals surface area contributed by atoms with Crippen LogP contribution in [0.1, 0.15) is 0 Å². The van der Waals surface area contributed by atoms with Gasteiger partial charge in [-0.2, -0.15) is 11.8 Å². The normalized spacial score (nSPS) is 18.7. The number of rotatable bonds is 3. The molecule has 7 nitrogen and oxygen atoms in total. The number of thioether (sulfide) groups is 1. The van der Waals surface area contributed by atoms with Crippen LogP contribution in [0.5, 0.6) is 0 Å². The van der Waals surface area contributed by atoms with E-state index in [0.29, 0.717) is 0 Å². The predicted octanol–water partition coefficient (Wildman–Crippen LogP) is 0.306. The molecular formula is C12H14N6OS. The molecule has 8 heteroatoms. The molecule has 1 atom stereocenters. The molecule has 0 aliphatic carbocycles. The van der Waals surface area contributed by atoms with E-state index < -0.39 is 0 Å². The van der Waals surface area contributed by atoms with Crippen molar-refractivity contribution in [2.75, 3.05) is 23.4 Å². The van der Waals surface area contributed by atoms with E-state index in [1.165, 1.54) is 6.33 Å². The topological polar surface area (TPSA) is 84.7 Å². The number of tetrazole rings is 1. The molecule has 1 aromatic heterocycles. The van der Waals surface area contributed by atoms with Gasteiger partial charge in [0.2, 0.25) is 5.91 Å². The van der Waals surface area contributed by atoms with Crippen LogP contribution in [0, 0.1) is 0 Å². The molecule has 1 aromatic carbocycles. The zero-order valence-electron chi connectivity index (χ0n) is 10.7. The number of carbonyl (C=O) groups excluding carboxylic acids is 1. The molecule has 20 heavy (non-hydrogen) atoms. The van der Waals surface area contributed by atoms with Gasteiger partial charge >= 0.3 is 0 Å². The summed E-state index contributed by atoms with van der Waals surface area (Å²) in [7, 11) is 0. The Hall–Kier alpha value is -1.93. The minimum atomic E-state index is -0.118.